The first-order valence-corrected chi connectivity index (χ1v) is 10.3. The van der Waals surface area contributed by atoms with Gasteiger partial charge < -0.3 is 9.64 Å². The summed E-state index contributed by atoms with van der Waals surface area (Å²) in [6, 6.07) is 0. The number of ether oxygens (including phenoxy) is 1. The number of alkyl halides is 2. The largest absolute Gasteiger partial charge is 0.378 e. The number of rotatable bonds is 6. The number of aromatic nitrogens is 4. The van der Waals surface area contributed by atoms with Crippen molar-refractivity contribution in [2.24, 2.45) is 16.7 Å². The van der Waals surface area contributed by atoms with Gasteiger partial charge in [-0.15, -0.1) is 0 Å². The molecule has 6 nitrogen and oxygen atoms in total. The minimum Gasteiger partial charge on any atom is -0.378 e. The number of hydrogen-bond acceptors (Lipinski definition) is 5. The van der Waals surface area contributed by atoms with Crippen molar-refractivity contribution < 1.29 is 13.5 Å². The standard InChI is InChI=1S/C20H25F2N5O/c21-16(22)10-27-18-15(8-24-27)23-9-17(25-18)26-2-1-19(11-26)6-14(7-19)28-12-20-3-13(4-20)5-20/h8-9,13-14,16H,1-7,10-12H2. The summed E-state index contributed by atoms with van der Waals surface area (Å²) in [7, 11) is 0. The van der Waals surface area contributed by atoms with Crippen molar-refractivity contribution in [2.75, 3.05) is 24.6 Å². The quantitative estimate of drug-likeness (QED) is 0.759. The van der Waals surface area contributed by atoms with E-state index in [1.165, 1.54) is 30.1 Å². The number of fused-ring (bicyclic) bond motifs is 1. The molecule has 2 aromatic heterocycles. The van der Waals surface area contributed by atoms with E-state index in [0.29, 0.717) is 28.1 Å². The summed E-state index contributed by atoms with van der Waals surface area (Å²) in [5.41, 5.74) is 1.88. The van der Waals surface area contributed by atoms with Gasteiger partial charge in [-0.3, -0.25) is 0 Å². The Labute approximate surface area is 162 Å². The van der Waals surface area contributed by atoms with Gasteiger partial charge in [0.2, 0.25) is 0 Å². The third kappa shape index (κ3) is 2.64. The van der Waals surface area contributed by atoms with Crippen molar-refractivity contribution in [1.29, 1.82) is 0 Å². The Morgan fingerprint density at radius 2 is 2.00 bits per heavy atom. The molecule has 28 heavy (non-hydrogen) atoms. The second-order valence-electron chi connectivity index (χ2n) is 9.65. The van der Waals surface area contributed by atoms with Gasteiger partial charge in [-0.05, 0) is 55.3 Å². The van der Waals surface area contributed by atoms with Gasteiger partial charge in [0.05, 0.1) is 25.1 Å². The lowest BCUT2D eigenvalue weighted by molar-refractivity contribution is -0.187. The Morgan fingerprint density at radius 3 is 2.71 bits per heavy atom. The van der Waals surface area contributed by atoms with Crippen molar-refractivity contribution in [3.8, 4) is 0 Å². The molecule has 4 saturated carbocycles. The predicted octanol–water partition coefficient (Wildman–Crippen LogP) is 3.27. The third-order valence-corrected chi connectivity index (χ3v) is 7.52. The molecule has 0 radical (unpaired) electrons. The lowest BCUT2D eigenvalue weighted by Crippen LogP contribution is -2.56. The fraction of sp³-hybridized carbons (Fsp3) is 0.750. The van der Waals surface area contributed by atoms with Crippen LogP contribution in [-0.2, 0) is 11.3 Å². The Morgan fingerprint density at radius 1 is 1.18 bits per heavy atom. The lowest BCUT2D eigenvalue weighted by Gasteiger charge is -2.62. The SMILES string of the molecule is FC(F)Cn1ncc2ncc(N3CCC4(CC(OCC56CC(C5)C6)C4)C3)nc21. The van der Waals surface area contributed by atoms with Crippen LogP contribution in [0, 0.1) is 16.7 Å². The van der Waals surface area contributed by atoms with Crippen LogP contribution in [0.1, 0.15) is 38.5 Å². The first-order valence-electron chi connectivity index (χ1n) is 10.3. The van der Waals surface area contributed by atoms with Crippen molar-refractivity contribution >= 4 is 17.0 Å². The highest BCUT2D eigenvalue weighted by molar-refractivity contribution is 5.71. The van der Waals surface area contributed by atoms with Gasteiger partial charge in [0.1, 0.15) is 17.9 Å². The molecular weight excluding hydrogens is 364 g/mol. The van der Waals surface area contributed by atoms with Crippen LogP contribution in [0.15, 0.2) is 12.4 Å². The number of anilines is 1. The molecule has 3 heterocycles. The zero-order valence-corrected chi connectivity index (χ0v) is 15.9. The van der Waals surface area contributed by atoms with Gasteiger partial charge in [0.25, 0.3) is 6.43 Å². The molecule has 150 valence electrons. The monoisotopic (exact) mass is 389 g/mol. The topological polar surface area (TPSA) is 56.1 Å². The molecule has 2 bridgehead atoms. The zero-order chi connectivity index (χ0) is 18.9. The molecule has 0 aromatic carbocycles. The Balaban J connectivity index is 1.10. The summed E-state index contributed by atoms with van der Waals surface area (Å²) >= 11 is 0. The second-order valence-corrected chi connectivity index (χ2v) is 9.65. The van der Waals surface area contributed by atoms with Crippen LogP contribution in [0.4, 0.5) is 14.6 Å². The summed E-state index contributed by atoms with van der Waals surface area (Å²) in [5.74, 6) is 1.77. The molecule has 0 amide bonds. The molecule has 2 aromatic rings. The molecule has 7 rings (SSSR count). The zero-order valence-electron chi connectivity index (χ0n) is 15.9. The molecule has 8 heteroatoms. The summed E-state index contributed by atoms with van der Waals surface area (Å²) in [4.78, 5) is 11.2. The highest BCUT2D eigenvalue weighted by atomic mass is 19.3. The van der Waals surface area contributed by atoms with Gasteiger partial charge in [0, 0.05) is 13.1 Å². The summed E-state index contributed by atoms with van der Waals surface area (Å²) in [6.45, 7) is 2.39. The minimum atomic E-state index is -2.46. The normalized spacial score (nSPS) is 36.0. The van der Waals surface area contributed by atoms with Gasteiger partial charge in [0.15, 0.2) is 5.65 Å². The average molecular weight is 389 g/mol. The van der Waals surface area contributed by atoms with Crippen LogP contribution in [0.25, 0.3) is 11.2 Å². The first-order chi connectivity index (χ1) is 13.5. The maximum atomic E-state index is 12.8. The molecule has 0 atom stereocenters. The lowest BCUT2D eigenvalue weighted by atomic mass is 9.45. The fourth-order valence-corrected chi connectivity index (χ4v) is 5.87. The van der Waals surface area contributed by atoms with Gasteiger partial charge in [-0.25, -0.2) is 23.4 Å². The molecule has 0 N–H and O–H groups in total. The molecule has 5 aliphatic rings. The smallest absolute Gasteiger partial charge is 0.258 e. The van der Waals surface area contributed by atoms with E-state index in [1.54, 1.807) is 6.20 Å². The van der Waals surface area contributed by atoms with Crippen LogP contribution < -0.4 is 4.90 Å². The highest BCUT2D eigenvalue weighted by Crippen LogP contribution is 2.64. The van der Waals surface area contributed by atoms with Crippen LogP contribution in [0.2, 0.25) is 0 Å². The highest BCUT2D eigenvalue weighted by Gasteiger charge is 2.57. The number of halogens is 2. The molecule has 5 fully saturated rings. The third-order valence-electron chi connectivity index (χ3n) is 7.52. The second kappa shape index (κ2) is 5.84. The Hall–Kier alpha value is -1.83. The molecule has 1 spiro atoms. The maximum absolute atomic E-state index is 12.8. The van der Waals surface area contributed by atoms with E-state index in [-0.39, 0.29) is 0 Å². The minimum absolute atomic E-state index is 0.323. The van der Waals surface area contributed by atoms with Crippen molar-refractivity contribution in [3.63, 3.8) is 0 Å². The summed E-state index contributed by atoms with van der Waals surface area (Å²) in [6.07, 6.45) is 8.76. The summed E-state index contributed by atoms with van der Waals surface area (Å²) < 4.78 is 33.0. The van der Waals surface area contributed by atoms with Crippen molar-refractivity contribution in [2.45, 2.75) is 57.6 Å². The Bertz CT molecular complexity index is 892. The molecule has 0 unspecified atom stereocenters. The molecule has 1 aliphatic heterocycles. The molecular formula is C20H25F2N5O. The van der Waals surface area contributed by atoms with E-state index in [4.69, 9.17) is 4.74 Å². The predicted molar refractivity (Wildman–Crippen MR) is 99.3 cm³/mol. The van der Waals surface area contributed by atoms with Crippen molar-refractivity contribution in [3.05, 3.63) is 12.4 Å². The van der Waals surface area contributed by atoms with Crippen molar-refractivity contribution in [1.82, 2.24) is 19.7 Å². The van der Waals surface area contributed by atoms with Crippen LogP contribution in [0.5, 0.6) is 0 Å². The van der Waals surface area contributed by atoms with Crippen LogP contribution in [0.3, 0.4) is 0 Å². The van der Waals surface area contributed by atoms with E-state index in [1.807, 2.05) is 0 Å². The first kappa shape index (κ1) is 17.1. The van der Waals surface area contributed by atoms with Gasteiger partial charge in [-0.1, -0.05) is 0 Å². The van der Waals surface area contributed by atoms with Crippen LogP contribution >= 0.6 is 0 Å². The Kier molecular flexibility index (Phi) is 3.56. The average Bonchev–Trinajstić information content (AvgIpc) is 3.16. The van der Waals surface area contributed by atoms with Crippen LogP contribution in [-0.4, -0.2) is 52.0 Å². The van der Waals surface area contributed by atoms with E-state index >= 15 is 0 Å². The summed E-state index contributed by atoms with van der Waals surface area (Å²) in [5, 5.41) is 4.00. The maximum Gasteiger partial charge on any atom is 0.258 e. The van der Waals surface area contributed by atoms with E-state index in [9.17, 15) is 8.78 Å². The van der Waals surface area contributed by atoms with E-state index in [0.717, 1.165) is 50.7 Å². The number of nitrogens with zero attached hydrogens (tertiary/aromatic N) is 5. The number of hydrogen-bond donors (Lipinski definition) is 0. The van der Waals surface area contributed by atoms with E-state index in [2.05, 4.69) is 20.0 Å². The van der Waals surface area contributed by atoms with Gasteiger partial charge in [-0.2, -0.15) is 5.10 Å². The fourth-order valence-electron chi connectivity index (χ4n) is 5.87. The van der Waals surface area contributed by atoms with Gasteiger partial charge >= 0.3 is 0 Å². The van der Waals surface area contributed by atoms with E-state index < -0.39 is 13.0 Å². The molecule has 4 aliphatic carbocycles. The molecule has 1 saturated heterocycles.